The molecular formula is C20H28N4O2. The van der Waals surface area contributed by atoms with Crippen molar-refractivity contribution in [2.24, 2.45) is 5.92 Å². The summed E-state index contributed by atoms with van der Waals surface area (Å²) in [6.45, 7) is 5.69. The van der Waals surface area contributed by atoms with Gasteiger partial charge in [0, 0.05) is 26.1 Å². The van der Waals surface area contributed by atoms with Crippen LogP contribution in [0.25, 0.3) is 0 Å². The molecule has 2 heterocycles. The smallest absolute Gasteiger partial charge is 0.231 e. The number of hydrogen-bond donors (Lipinski definition) is 0. The van der Waals surface area contributed by atoms with Crippen molar-refractivity contribution in [3.8, 4) is 11.5 Å². The molecule has 0 saturated heterocycles. The molecule has 1 aliphatic carbocycles. The summed E-state index contributed by atoms with van der Waals surface area (Å²) in [6, 6.07) is 6.66. The monoisotopic (exact) mass is 356 g/mol. The number of aromatic nitrogens is 3. The highest BCUT2D eigenvalue weighted by atomic mass is 16.7. The summed E-state index contributed by atoms with van der Waals surface area (Å²) in [5.74, 6) is 4.41. The zero-order valence-electron chi connectivity index (χ0n) is 15.9. The largest absolute Gasteiger partial charge is 0.454 e. The molecule has 2 atom stereocenters. The van der Waals surface area contributed by atoms with Gasteiger partial charge in [-0.25, -0.2) is 0 Å². The van der Waals surface area contributed by atoms with Gasteiger partial charge in [0.2, 0.25) is 12.7 Å². The predicted molar refractivity (Wildman–Crippen MR) is 101 cm³/mol. The van der Waals surface area contributed by atoms with Crippen molar-refractivity contribution < 1.29 is 9.47 Å². The molecule has 0 spiro atoms. The number of rotatable bonds is 5. The molecule has 1 aliphatic heterocycles. The Hall–Kier alpha value is -2.24. The van der Waals surface area contributed by atoms with Gasteiger partial charge in [0.1, 0.15) is 5.82 Å². The second-order valence-electron chi connectivity index (χ2n) is 7.56. The molecule has 0 amide bonds. The van der Waals surface area contributed by atoms with Gasteiger partial charge in [0.25, 0.3) is 0 Å². The molecule has 1 aromatic carbocycles. The van der Waals surface area contributed by atoms with Gasteiger partial charge in [0.05, 0.1) is 0 Å². The van der Waals surface area contributed by atoms with Crippen LogP contribution in [0.5, 0.6) is 11.5 Å². The fraction of sp³-hybridized carbons (Fsp3) is 0.600. The van der Waals surface area contributed by atoms with E-state index in [0.29, 0.717) is 12.8 Å². The molecule has 4 rings (SSSR count). The number of ether oxygens (including phenoxy) is 2. The van der Waals surface area contributed by atoms with Crippen molar-refractivity contribution in [3.63, 3.8) is 0 Å². The first-order chi connectivity index (χ1) is 12.7. The Balaban J connectivity index is 1.54. The Morgan fingerprint density at radius 1 is 1.19 bits per heavy atom. The van der Waals surface area contributed by atoms with Crippen molar-refractivity contribution in [2.45, 2.75) is 58.5 Å². The summed E-state index contributed by atoms with van der Waals surface area (Å²) >= 11 is 0. The van der Waals surface area contributed by atoms with Crippen molar-refractivity contribution >= 4 is 5.95 Å². The van der Waals surface area contributed by atoms with Crippen LogP contribution in [0, 0.1) is 5.92 Å². The standard InChI is InChI=1S/C20H28N4O2/c1-4-24-19(12-15-8-9-17-18(11-15)26-13-25-17)21-22-20(24)23(3)16-7-5-6-14(2)10-16/h8-9,11,14,16H,4-7,10,12-13H2,1-3H3. The van der Waals surface area contributed by atoms with Crippen LogP contribution < -0.4 is 14.4 Å². The molecule has 2 aromatic rings. The summed E-state index contributed by atoms with van der Waals surface area (Å²) in [7, 11) is 2.17. The van der Waals surface area contributed by atoms with Crippen LogP contribution in [0.3, 0.4) is 0 Å². The molecule has 1 fully saturated rings. The Morgan fingerprint density at radius 2 is 2.04 bits per heavy atom. The first-order valence-corrected chi connectivity index (χ1v) is 9.69. The third-order valence-corrected chi connectivity index (χ3v) is 5.70. The molecule has 1 aromatic heterocycles. The summed E-state index contributed by atoms with van der Waals surface area (Å²) in [5, 5.41) is 9.05. The Labute approximate surface area is 155 Å². The fourth-order valence-electron chi connectivity index (χ4n) is 4.19. The zero-order chi connectivity index (χ0) is 18.1. The van der Waals surface area contributed by atoms with Gasteiger partial charge in [-0.3, -0.25) is 4.57 Å². The quantitative estimate of drug-likeness (QED) is 0.819. The van der Waals surface area contributed by atoms with E-state index in [-0.39, 0.29) is 0 Å². The molecule has 6 heteroatoms. The molecule has 6 nitrogen and oxygen atoms in total. The second-order valence-corrected chi connectivity index (χ2v) is 7.56. The van der Waals surface area contributed by atoms with Crippen LogP contribution in [-0.4, -0.2) is 34.6 Å². The predicted octanol–water partition coefficient (Wildman–Crippen LogP) is 3.63. The van der Waals surface area contributed by atoms with Crippen molar-refractivity contribution in [1.29, 1.82) is 0 Å². The first kappa shape index (κ1) is 17.2. The van der Waals surface area contributed by atoms with Crippen LogP contribution in [0.2, 0.25) is 0 Å². The SMILES string of the molecule is CCn1c(Cc2ccc3c(c2)OCO3)nnc1N(C)C1CCCC(C)C1. The summed E-state index contributed by atoms with van der Waals surface area (Å²) in [6.07, 6.45) is 5.88. The first-order valence-electron chi connectivity index (χ1n) is 9.69. The van der Waals surface area contributed by atoms with Gasteiger partial charge < -0.3 is 14.4 Å². The third kappa shape index (κ3) is 3.24. The van der Waals surface area contributed by atoms with Crippen LogP contribution in [0.15, 0.2) is 18.2 Å². The van der Waals surface area contributed by atoms with E-state index in [1.807, 2.05) is 12.1 Å². The molecule has 0 radical (unpaired) electrons. The van der Waals surface area contributed by atoms with Gasteiger partial charge >= 0.3 is 0 Å². The molecule has 0 N–H and O–H groups in total. The van der Waals surface area contributed by atoms with E-state index >= 15 is 0 Å². The Morgan fingerprint density at radius 3 is 2.85 bits per heavy atom. The lowest BCUT2D eigenvalue weighted by Gasteiger charge is -2.34. The lowest BCUT2D eigenvalue weighted by Crippen LogP contribution is -2.37. The number of anilines is 1. The summed E-state index contributed by atoms with van der Waals surface area (Å²) < 4.78 is 13.1. The van der Waals surface area contributed by atoms with Gasteiger partial charge in [-0.1, -0.05) is 25.8 Å². The number of benzene rings is 1. The van der Waals surface area contributed by atoms with E-state index in [4.69, 9.17) is 9.47 Å². The van der Waals surface area contributed by atoms with Crippen molar-refractivity contribution in [3.05, 3.63) is 29.6 Å². The molecule has 140 valence electrons. The maximum absolute atomic E-state index is 5.49. The average molecular weight is 356 g/mol. The van der Waals surface area contributed by atoms with Gasteiger partial charge in [0.15, 0.2) is 11.5 Å². The summed E-state index contributed by atoms with van der Waals surface area (Å²) in [4.78, 5) is 2.34. The highest BCUT2D eigenvalue weighted by molar-refractivity contribution is 5.45. The Kier molecular flexibility index (Phi) is 4.74. The van der Waals surface area contributed by atoms with Crippen LogP contribution in [-0.2, 0) is 13.0 Å². The lowest BCUT2D eigenvalue weighted by molar-refractivity contribution is 0.174. The molecule has 0 bridgehead atoms. The van der Waals surface area contributed by atoms with E-state index < -0.39 is 0 Å². The van der Waals surface area contributed by atoms with E-state index in [2.05, 4.69) is 46.6 Å². The van der Waals surface area contributed by atoms with Gasteiger partial charge in [-0.2, -0.15) is 0 Å². The number of fused-ring (bicyclic) bond motifs is 1. The second kappa shape index (κ2) is 7.17. The number of nitrogens with zero attached hydrogens (tertiary/aromatic N) is 4. The minimum absolute atomic E-state index is 0.304. The van der Waals surface area contributed by atoms with Gasteiger partial charge in [-0.05, 0) is 43.4 Å². The highest BCUT2D eigenvalue weighted by Crippen LogP contribution is 2.33. The molecule has 2 unspecified atom stereocenters. The van der Waals surface area contributed by atoms with E-state index in [1.54, 1.807) is 0 Å². The van der Waals surface area contributed by atoms with Gasteiger partial charge in [-0.15, -0.1) is 10.2 Å². The summed E-state index contributed by atoms with van der Waals surface area (Å²) in [5.41, 5.74) is 1.16. The molecule has 2 aliphatic rings. The maximum Gasteiger partial charge on any atom is 0.231 e. The Bertz CT molecular complexity index is 773. The van der Waals surface area contributed by atoms with Crippen molar-refractivity contribution in [2.75, 3.05) is 18.7 Å². The molecule has 26 heavy (non-hydrogen) atoms. The zero-order valence-corrected chi connectivity index (χ0v) is 15.9. The third-order valence-electron chi connectivity index (χ3n) is 5.70. The maximum atomic E-state index is 5.49. The highest BCUT2D eigenvalue weighted by Gasteiger charge is 2.26. The van der Waals surface area contributed by atoms with Crippen LogP contribution in [0.4, 0.5) is 5.95 Å². The fourth-order valence-corrected chi connectivity index (χ4v) is 4.19. The van der Waals surface area contributed by atoms with E-state index in [1.165, 1.54) is 25.7 Å². The van der Waals surface area contributed by atoms with Crippen LogP contribution >= 0.6 is 0 Å². The molecule has 1 saturated carbocycles. The number of hydrogen-bond acceptors (Lipinski definition) is 5. The minimum atomic E-state index is 0.304. The van der Waals surface area contributed by atoms with Crippen LogP contribution in [0.1, 0.15) is 50.9 Å². The van der Waals surface area contributed by atoms with Crippen molar-refractivity contribution in [1.82, 2.24) is 14.8 Å². The topological polar surface area (TPSA) is 52.4 Å². The van der Waals surface area contributed by atoms with E-state index in [9.17, 15) is 0 Å². The minimum Gasteiger partial charge on any atom is -0.454 e. The lowest BCUT2D eigenvalue weighted by atomic mass is 9.86. The van der Waals surface area contributed by atoms with E-state index in [0.717, 1.165) is 47.7 Å². The normalized spacial score (nSPS) is 21.8. The molecular weight excluding hydrogens is 328 g/mol. The average Bonchev–Trinajstić information content (AvgIpc) is 3.27.